The van der Waals surface area contributed by atoms with E-state index in [1.54, 1.807) is 36.5 Å². The first kappa shape index (κ1) is 16.7. The fraction of sp³-hybridized carbons (Fsp3) is 0.0556. The van der Waals surface area contributed by atoms with E-state index in [2.05, 4.69) is 20.6 Å². The van der Waals surface area contributed by atoms with Crippen LogP contribution in [0.5, 0.6) is 0 Å². The number of nitrogens with zero attached hydrogens (tertiary/aromatic N) is 2. The van der Waals surface area contributed by atoms with Crippen LogP contribution in [0.4, 0.5) is 23.1 Å². The molecule has 0 aliphatic rings. The molecule has 1 aromatic heterocycles. The van der Waals surface area contributed by atoms with E-state index in [0.717, 1.165) is 0 Å². The number of ether oxygens (including phenoxy) is 1. The minimum atomic E-state index is -0.424. The number of carbonyl (C=O) groups is 1. The molecule has 1 heterocycles. The molecule has 0 atom stereocenters. The van der Waals surface area contributed by atoms with Gasteiger partial charge >= 0.3 is 5.97 Å². The number of halogens is 1. The fourth-order valence-electron chi connectivity index (χ4n) is 2.19. The number of anilines is 4. The number of hydrogen-bond donors (Lipinski definition) is 2. The number of hydrogen-bond acceptors (Lipinski definition) is 6. The monoisotopic (exact) mass is 354 g/mol. The summed E-state index contributed by atoms with van der Waals surface area (Å²) >= 11 is 6.13. The van der Waals surface area contributed by atoms with Crippen molar-refractivity contribution >= 4 is 40.7 Å². The Morgan fingerprint density at radius 2 is 1.72 bits per heavy atom. The number of methoxy groups -OCH3 is 1. The van der Waals surface area contributed by atoms with Crippen LogP contribution in [0.1, 0.15) is 10.4 Å². The van der Waals surface area contributed by atoms with Crippen molar-refractivity contribution in [3.8, 4) is 0 Å². The third kappa shape index (κ3) is 4.05. The fourth-order valence-corrected chi connectivity index (χ4v) is 2.37. The Balaban J connectivity index is 1.84. The minimum Gasteiger partial charge on any atom is -0.465 e. The Morgan fingerprint density at radius 1 is 1.00 bits per heavy atom. The Bertz CT molecular complexity index is 902. The van der Waals surface area contributed by atoms with E-state index in [0.29, 0.717) is 33.7 Å². The van der Waals surface area contributed by atoms with Crippen molar-refractivity contribution in [3.63, 3.8) is 0 Å². The van der Waals surface area contributed by atoms with Crippen molar-refractivity contribution in [3.05, 3.63) is 71.4 Å². The lowest BCUT2D eigenvalue weighted by atomic mass is 10.2. The van der Waals surface area contributed by atoms with Crippen molar-refractivity contribution in [1.29, 1.82) is 0 Å². The molecular formula is C18H15ClN4O2. The van der Waals surface area contributed by atoms with Gasteiger partial charge in [0.25, 0.3) is 0 Å². The smallest absolute Gasteiger partial charge is 0.339 e. The van der Waals surface area contributed by atoms with Crippen LogP contribution in [0.25, 0.3) is 0 Å². The number of para-hydroxylation sites is 2. The van der Waals surface area contributed by atoms with Gasteiger partial charge in [-0.15, -0.1) is 0 Å². The summed E-state index contributed by atoms with van der Waals surface area (Å²) in [6, 6.07) is 16.1. The van der Waals surface area contributed by atoms with Gasteiger partial charge in [0.15, 0.2) is 0 Å². The third-order valence-corrected chi connectivity index (χ3v) is 3.70. The summed E-state index contributed by atoms with van der Waals surface area (Å²) in [5.74, 6) is 0.487. The van der Waals surface area contributed by atoms with Gasteiger partial charge in [-0.1, -0.05) is 35.9 Å². The highest BCUT2D eigenvalue weighted by atomic mass is 35.5. The summed E-state index contributed by atoms with van der Waals surface area (Å²) in [4.78, 5) is 20.4. The molecule has 126 valence electrons. The molecule has 3 aromatic rings. The van der Waals surface area contributed by atoms with Crippen molar-refractivity contribution in [2.75, 3.05) is 17.7 Å². The lowest BCUT2D eigenvalue weighted by Crippen LogP contribution is -2.06. The van der Waals surface area contributed by atoms with Gasteiger partial charge in [-0.2, -0.15) is 4.98 Å². The molecule has 0 radical (unpaired) electrons. The van der Waals surface area contributed by atoms with Gasteiger partial charge < -0.3 is 15.4 Å². The summed E-state index contributed by atoms with van der Waals surface area (Å²) in [5, 5.41) is 6.73. The van der Waals surface area contributed by atoms with Crippen molar-refractivity contribution < 1.29 is 9.53 Å². The molecule has 25 heavy (non-hydrogen) atoms. The molecule has 0 aliphatic heterocycles. The maximum Gasteiger partial charge on any atom is 0.339 e. The van der Waals surface area contributed by atoms with Gasteiger partial charge in [0.1, 0.15) is 5.82 Å². The van der Waals surface area contributed by atoms with Crippen LogP contribution in [0.3, 0.4) is 0 Å². The Labute approximate surface area is 149 Å². The van der Waals surface area contributed by atoms with Gasteiger partial charge in [0, 0.05) is 6.20 Å². The number of nitrogens with one attached hydrogen (secondary N) is 2. The maximum absolute atomic E-state index is 11.8. The highest BCUT2D eigenvalue weighted by Gasteiger charge is 2.12. The van der Waals surface area contributed by atoms with Crippen LogP contribution >= 0.6 is 11.6 Å². The molecule has 0 fully saturated rings. The standard InChI is InChI=1S/C18H15ClN4O2/c1-25-17(24)12-6-2-4-8-14(12)21-16-10-11-20-18(23-16)22-15-9-5-3-7-13(15)19/h2-11H,1H3,(H2,20,21,22,23). The first-order valence-electron chi connectivity index (χ1n) is 7.46. The van der Waals surface area contributed by atoms with Crippen molar-refractivity contribution in [2.45, 2.75) is 0 Å². The van der Waals surface area contributed by atoms with Crippen LogP contribution in [-0.2, 0) is 4.74 Å². The van der Waals surface area contributed by atoms with Gasteiger partial charge in [-0.3, -0.25) is 0 Å². The number of benzene rings is 2. The summed E-state index contributed by atoms with van der Waals surface area (Å²) < 4.78 is 4.79. The second kappa shape index (κ2) is 7.63. The quantitative estimate of drug-likeness (QED) is 0.661. The molecular weight excluding hydrogens is 340 g/mol. The predicted molar refractivity (Wildman–Crippen MR) is 97.8 cm³/mol. The highest BCUT2D eigenvalue weighted by Crippen LogP contribution is 2.25. The molecule has 0 saturated heterocycles. The molecule has 0 saturated carbocycles. The lowest BCUT2D eigenvalue weighted by Gasteiger charge is -2.11. The molecule has 2 N–H and O–H groups in total. The van der Waals surface area contributed by atoms with Gasteiger partial charge in [0.05, 0.1) is 29.1 Å². The molecule has 2 aromatic carbocycles. The third-order valence-electron chi connectivity index (χ3n) is 3.37. The van der Waals surface area contributed by atoms with E-state index in [1.807, 2.05) is 24.3 Å². The van der Waals surface area contributed by atoms with E-state index in [-0.39, 0.29) is 0 Å². The molecule has 6 nitrogen and oxygen atoms in total. The van der Waals surface area contributed by atoms with Gasteiger partial charge in [-0.25, -0.2) is 9.78 Å². The van der Waals surface area contributed by atoms with E-state index in [4.69, 9.17) is 16.3 Å². The zero-order valence-electron chi connectivity index (χ0n) is 13.4. The zero-order chi connectivity index (χ0) is 17.6. The van der Waals surface area contributed by atoms with Gasteiger partial charge in [0.2, 0.25) is 5.95 Å². The largest absolute Gasteiger partial charge is 0.465 e. The van der Waals surface area contributed by atoms with Crippen LogP contribution < -0.4 is 10.6 Å². The van der Waals surface area contributed by atoms with E-state index in [9.17, 15) is 4.79 Å². The Morgan fingerprint density at radius 3 is 2.48 bits per heavy atom. The predicted octanol–water partition coefficient (Wildman–Crippen LogP) is 4.40. The van der Waals surface area contributed by atoms with E-state index < -0.39 is 5.97 Å². The molecule has 0 spiro atoms. The zero-order valence-corrected chi connectivity index (χ0v) is 14.1. The molecule has 0 aliphatic carbocycles. The van der Waals surface area contributed by atoms with E-state index in [1.165, 1.54) is 7.11 Å². The second-order valence-corrected chi connectivity index (χ2v) is 5.44. The average molecular weight is 355 g/mol. The summed E-state index contributed by atoms with van der Waals surface area (Å²) in [6.45, 7) is 0. The summed E-state index contributed by atoms with van der Waals surface area (Å²) in [6.07, 6.45) is 1.61. The first-order chi connectivity index (χ1) is 12.2. The summed E-state index contributed by atoms with van der Waals surface area (Å²) in [7, 11) is 1.34. The normalized spacial score (nSPS) is 10.2. The first-order valence-corrected chi connectivity index (χ1v) is 7.84. The Hall–Kier alpha value is -3.12. The van der Waals surface area contributed by atoms with Gasteiger partial charge in [-0.05, 0) is 30.3 Å². The topological polar surface area (TPSA) is 76.1 Å². The minimum absolute atomic E-state index is 0.383. The van der Waals surface area contributed by atoms with Crippen LogP contribution in [-0.4, -0.2) is 23.0 Å². The molecule has 0 bridgehead atoms. The van der Waals surface area contributed by atoms with E-state index >= 15 is 0 Å². The SMILES string of the molecule is COC(=O)c1ccccc1Nc1ccnc(Nc2ccccc2Cl)n1. The summed E-state index contributed by atoms with van der Waals surface area (Å²) in [5.41, 5.74) is 1.72. The van der Waals surface area contributed by atoms with Crippen LogP contribution in [0, 0.1) is 0 Å². The van der Waals surface area contributed by atoms with Crippen molar-refractivity contribution in [1.82, 2.24) is 9.97 Å². The molecule has 0 amide bonds. The van der Waals surface area contributed by atoms with Crippen LogP contribution in [0.15, 0.2) is 60.8 Å². The lowest BCUT2D eigenvalue weighted by molar-refractivity contribution is 0.0602. The number of aromatic nitrogens is 2. The molecule has 0 unspecified atom stereocenters. The number of rotatable bonds is 5. The number of esters is 1. The average Bonchev–Trinajstić information content (AvgIpc) is 2.64. The maximum atomic E-state index is 11.8. The molecule has 7 heteroatoms. The second-order valence-electron chi connectivity index (χ2n) is 5.03. The van der Waals surface area contributed by atoms with Crippen molar-refractivity contribution in [2.24, 2.45) is 0 Å². The Kier molecular flexibility index (Phi) is 5.11. The number of carbonyl (C=O) groups excluding carboxylic acids is 1. The highest BCUT2D eigenvalue weighted by molar-refractivity contribution is 6.33. The molecule has 3 rings (SSSR count). The van der Waals surface area contributed by atoms with Crippen LogP contribution in [0.2, 0.25) is 5.02 Å².